The van der Waals surface area contributed by atoms with E-state index >= 15 is 0 Å². The van der Waals surface area contributed by atoms with E-state index in [1.54, 1.807) is 7.11 Å². The van der Waals surface area contributed by atoms with Crippen LogP contribution in [0.3, 0.4) is 0 Å². The molecule has 2 rings (SSSR count). The maximum atomic E-state index is 5.51. The van der Waals surface area contributed by atoms with E-state index in [2.05, 4.69) is 10.2 Å². The average Bonchev–Trinajstić information content (AvgIpc) is 2.76. The zero-order valence-corrected chi connectivity index (χ0v) is 11.5. The van der Waals surface area contributed by atoms with Gasteiger partial charge in [0.2, 0.25) is 0 Å². The first-order valence-corrected chi connectivity index (χ1v) is 6.42. The Hall–Kier alpha value is 0.130. The smallest absolute Gasteiger partial charge is 0.0700 e. The molecule has 0 aliphatic carbocycles. The third kappa shape index (κ3) is 4.72. The molecule has 2 unspecified atom stereocenters. The maximum absolute atomic E-state index is 5.51. The molecule has 17 heavy (non-hydrogen) atoms. The van der Waals surface area contributed by atoms with Gasteiger partial charge in [-0.15, -0.1) is 12.4 Å². The minimum atomic E-state index is 0. The molecule has 102 valence electrons. The van der Waals surface area contributed by atoms with Crippen LogP contribution in [0.4, 0.5) is 0 Å². The number of likely N-dealkylation sites (tertiary alicyclic amines) is 1. The van der Waals surface area contributed by atoms with Gasteiger partial charge in [0.1, 0.15) is 0 Å². The molecule has 0 aromatic rings. The molecule has 0 aromatic carbocycles. The molecule has 1 N–H and O–H groups in total. The number of ether oxygens (including phenoxy) is 2. The highest BCUT2D eigenvalue weighted by Crippen LogP contribution is 2.24. The molecular formula is C12H25ClN2O2. The summed E-state index contributed by atoms with van der Waals surface area (Å²) in [4.78, 5) is 2.54. The van der Waals surface area contributed by atoms with Gasteiger partial charge in [0.05, 0.1) is 19.8 Å². The van der Waals surface area contributed by atoms with Crippen LogP contribution < -0.4 is 5.32 Å². The summed E-state index contributed by atoms with van der Waals surface area (Å²) in [6.07, 6.45) is 2.66. The summed E-state index contributed by atoms with van der Waals surface area (Å²) in [5, 5.41) is 3.59. The fraction of sp³-hybridized carbons (Fsp3) is 1.00. The molecule has 2 aliphatic heterocycles. The van der Waals surface area contributed by atoms with Crippen LogP contribution in [-0.2, 0) is 9.47 Å². The number of nitrogens with one attached hydrogen (secondary N) is 1. The molecular weight excluding hydrogens is 240 g/mol. The van der Waals surface area contributed by atoms with E-state index in [0.717, 1.165) is 31.7 Å². The first-order chi connectivity index (χ1) is 7.90. The number of rotatable bonds is 6. The molecule has 0 saturated carbocycles. The van der Waals surface area contributed by atoms with Crippen molar-refractivity contribution in [3.8, 4) is 0 Å². The average molecular weight is 265 g/mol. The minimum Gasteiger partial charge on any atom is -0.382 e. The Kier molecular flexibility index (Phi) is 7.39. The Morgan fingerprint density at radius 3 is 2.94 bits per heavy atom. The van der Waals surface area contributed by atoms with Crippen LogP contribution in [0.2, 0.25) is 0 Å². The lowest BCUT2D eigenvalue weighted by Crippen LogP contribution is -2.45. The van der Waals surface area contributed by atoms with Crippen LogP contribution in [0.5, 0.6) is 0 Å². The fourth-order valence-electron chi connectivity index (χ4n) is 2.76. The Labute approximate surface area is 110 Å². The van der Waals surface area contributed by atoms with Crippen LogP contribution in [0.15, 0.2) is 0 Å². The lowest BCUT2D eigenvalue weighted by molar-refractivity contribution is 0.0482. The van der Waals surface area contributed by atoms with Crippen molar-refractivity contribution >= 4 is 12.4 Å². The van der Waals surface area contributed by atoms with E-state index < -0.39 is 0 Å². The number of fused-ring (bicyclic) bond motifs is 1. The minimum absolute atomic E-state index is 0. The van der Waals surface area contributed by atoms with Crippen molar-refractivity contribution in [2.24, 2.45) is 5.92 Å². The van der Waals surface area contributed by atoms with E-state index in [-0.39, 0.29) is 12.4 Å². The lowest BCUT2D eigenvalue weighted by Gasteiger charge is -2.34. The first-order valence-electron chi connectivity index (χ1n) is 6.42. The third-order valence-electron chi connectivity index (χ3n) is 3.72. The summed E-state index contributed by atoms with van der Waals surface area (Å²) >= 11 is 0. The van der Waals surface area contributed by atoms with Crippen molar-refractivity contribution in [2.75, 3.05) is 53.1 Å². The molecule has 2 heterocycles. The standard InChI is InChI=1S/C12H24N2O2.ClH/c1-15-8-9-16-7-6-14-5-3-12-11(10-14)2-4-13-12;/h11-13H,2-10H2,1H3;1H. The summed E-state index contributed by atoms with van der Waals surface area (Å²) < 4.78 is 10.4. The summed E-state index contributed by atoms with van der Waals surface area (Å²) in [5.74, 6) is 0.882. The summed E-state index contributed by atoms with van der Waals surface area (Å²) in [7, 11) is 1.71. The van der Waals surface area contributed by atoms with Gasteiger partial charge in [-0.2, -0.15) is 0 Å². The van der Waals surface area contributed by atoms with Crippen LogP contribution in [0, 0.1) is 5.92 Å². The largest absolute Gasteiger partial charge is 0.382 e. The molecule has 2 aliphatic rings. The predicted octanol–water partition coefficient (Wildman–Crippen LogP) is 0.755. The van der Waals surface area contributed by atoms with Crippen molar-refractivity contribution in [3.05, 3.63) is 0 Å². The molecule has 5 heteroatoms. The molecule has 0 radical (unpaired) electrons. The van der Waals surface area contributed by atoms with Crippen molar-refractivity contribution in [3.63, 3.8) is 0 Å². The second-order valence-corrected chi connectivity index (χ2v) is 4.80. The quantitative estimate of drug-likeness (QED) is 0.718. The Bertz CT molecular complexity index is 207. The molecule has 2 saturated heterocycles. The predicted molar refractivity (Wildman–Crippen MR) is 70.9 cm³/mol. The summed E-state index contributed by atoms with van der Waals surface area (Å²) in [6.45, 7) is 7.04. The third-order valence-corrected chi connectivity index (χ3v) is 3.72. The number of hydrogen-bond acceptors (Lipinski definition) is 4. The highest BCUT2D eigenvalue weighted by Gasteiger charge is 2.32. The molecule has 0 spiro atoms. The number of piperidine rings is 1. The van der Waals surface area contributed by atoms with Gasteiger partial charge in [0.25, 0.3) is 0 Å². The Morgan fingerprint density at radius 1 is 1.24 bits per heavy atom. The van der Waals surface area contributed by atoms with E-state index in [4.69, 9.17) is 9.47 Å². The normalized spacial score (nSPS) is 28.8. The number of hydrogen-bond donors (Lipinski definition) is 1. The Morgan fingerprint density at radius 2 is 2.12 bits per heavy atom. The van der Waals surface area contributed by atoms with Gasteiger partial charge in [0.15, 0.2) is 0 Å². The number of methoxy groups -OCH3 is 1. The van der Waals surface area contributed by atoms with Gasteiger partial charge < -0.3 is 19.7 Å². The van der Waals surface area contributed by atoms with Crippen LogP contribution in [0.1, 0.15) is 12.8 Å². The van der Waals surface area contributed by atoms with Crippen molar-refractivity contribution < 1.29 is 9.47 Å². The summed E-state index contributed by atoms with van der Waals surface area (Å²) in [6, 6.07) is 0.797. The Balaban J connectivity index is 0.00000144. The number of halogens is 1. The van der Waals surface area contributed by atoms with Gasteiger partial charge in [-0.25, -0.2) is 0 Å². The van der Waals surface area contributed by atoms with Gasteiger partial charge >= 0.3 is 0 Å². The highest BCUT2D eigenvalue weighted by molar-refractivity contribution is 5.85. The topological polar surface area (TPSA) is 33.7 Å². The van der Waals surface area contributed by atoms with Crippen LogP contribution in [-0.4, -0.2) is 64.1 Å². The van der Waals surface area contributed by atoms with Gasteiger partial charge in [-0.05, 0) is 31.8 Å². The molecule has 2 fully saturated rings. The van der Waals surface area contributed by atoms with E-state index in [9.17, 15) is 0 Å². The second kappa shape index (κ2) is 8.27. The lowest BCUT2D eigenvalue weighted by atomic mass is 9.93. The molecule has 2 atom stereocenters. The first kappa shape index (κ1) is 15.2. The maximum Gasteiger partial charge on any atom is 0.0700 e. The van der Waals surface area contributed by atoms with Gasteiger partial charge in [-0.3, -0.25) is 0 Å². The summed E-state index contributed by atoms with van der Waals surface area (Å²) in [5.41, 5.74) is 0. The van der Waals surface area contributed by atoms with Gasteiger partial charge in [-0.1, -0.05) is 0 Å². The monoisotopic (exact) mass is 264 g/mol. The molecule has 0 aromatic heterocycles. The number of nitrogens with zero attached hydrogens (tertiary/aromatic N) is 1. The SMILES string of the molecule is COCCOCCN1CCC2NCCC2C1.Cl. The molecule has 0 bridgehead atoms. The molecule has 4 nitrogen and oxygen atoms in total. The van der Waals surface area contributed by atoms with Crippen molar-refractivity contribution in [1.29, 1.82) is 0 Å². The fourth-order valence-corrected chi connectivity index (χ4v) is 2.76. The van der Waals surface area contributed by atoms with E-state index in [1.165, 1.54) is 32.5 Å². The van der Waals surface area contributed by atoms with Crippen LogP contribution >= 0.6 is 12.4 Å². The van der Waals surface area contributed by atoms with E-state index in [0.29, 0.717) is 6.61 Å². The van der Waals surface area contributed by atoms with Crippen LogP contribution in [0.25, 0.3) is 0 Å². The second-order valence-electron chi connectivity index (χ2n) is 4.80. The van der Waals surface area contributed by atoms with Crippen molar-refractivity contribution in [2.45, 2.75) is 18.9 Å². The zero-order chi connectivity index (χ0) is 11.2. The van der Waals surface area contributed by atoms with Gasteiger partial charge in [0, 0.05) is 26.2 Å². The highest BCUT2D eigenvalue weighted by atomic mass is 35.5. The molecule has 0 amide bonds. The van der Waals surface area contributed by atoms with E-state index in [1.807, 2.05) is 0 Å². The zero-order valence-electron chi connectivity index (χ0n) is 10.7. The van der Waals surface area contributed by atoms with Crippen molar-refractivity contribution in [1.82, 2.24) is 10.2 Å².